The molecule has 27 heavy (non-hydrogen) atoms. The molecule has 0 amide bonds. The van der Waals surface area contributed by atoms with E-state index in [0.29, 0.717) is 21.5 Å². The maximum atomic E-state index is 9.71. The Balaban J connectivity index is 1.99. The molecule has 0 bridgehead atoms. The third-order valence-electron chi connectivity index (χ3n) is 4.50. The zero-order valence-corrected chi connectivity index (χ0v) is 15.8. The van der Waals surface area contributed by atoms with Crippen molar-refractivity contribution in [3.8, 4) is 17.6 Å². The van der Waals surface area contributed by atoms with Crippen LogP contribution in [0.15, 0.2) is 60.0 Å². The molecule has 0 saturated carbocycles. The van der Waals surface area contributed by atoms with E-state index in [2.05, 4.69) is 11.2 Å². The summed E-state index contributed by atoms with van der Waals surface area (Å²) in [6, 6.07) is 16.8. The lowest BCUT2D eigenvalue weighted by molar-refractivity contribution is 0.367. The summed E-state index contributed by atoms with van der Waals surface area (Å²) in [5, 5.41) is 15.4. The Morgan fingerprint density at radius 3 is 2.67 bits per heavy atom. The van der Waals surface area contributed by atoms with E-state index >= 15 is 0 Å². The number of benzene rings is 2. The van der Waals surface area contributed by atoms with Crippen molar-refractivity contribution in [2.75, 3.05) is 0 Å². The van der Waals surface area contributed by atoms with E-state index in [1.165, 1.54) is 0 Å². The number of hydrogen-bond donors (Lipinski definition) is 1. The highest BCUT2D eigenvalue weighted by atomic mass is 35.5. The zero-order valence-electron chi connectivity index (χ0n) is 14.3. The van der Waals surface area contributed by atoms with E-state index in [4.69, 9.17) is 33.7 Å². The van der Waals surface area contributed by atoms with Crippen LogP contribution in [0.1, 0.15) is 22.7 Å². The normalized spacial score (nSPS) is 15.9. The Kier molecular flexibility index (Phi) is 4.31. The van der Waals surface area contributed by atoms with Gasteiger partial charge in [-0.15, -0.1) is 0 Å². The summed E-state index contributed by atoms with van der Waals surface area (Å²) in [7, 11) is 0. The van der Waals surface area contributed by atoms with Crippen molar-refractivity contribution in [1.82, 2.24) is 9.78 Å². The topological polar surface area (TPSA) is 76.9 Å². The molecule has 1 aliphatic heterocycles. The molecule has 0 radical (unpaired) electrons. The molecule has 1 aliphatic rings. The minimum absolute atomic E-state index is 0.0399. The number of allylic oxidation sites excluding steroid dienone is 1. The van der Waals surface area contributed by atoms with Crippen LogP contribution in [0.5, 0.6) is 5.88 Å². The highest BCUT2D eigenvalue weighted by Gasteiger charge is 2.36. The van der Waals surface area contributed by atoms with Crippen LogP contribution in [0.3, 0.4) is 0 Å². The van der Waals surface area contributed by atoms with Crippen molar-refractivity contribution in [1.29, 1.82) is 5.26 Å². The SMILES string of the molecule is Cc1nn(-c2cccc(Cl)c2)c2c1C(c1ccccc1Cl)C(C#N)=C(N)O2. The zero-order chi connectivity index (χ0) is 19.1. The molecule has 2 N–H and O–H groups in total. The number of aryl methyl sites for hydroxylation is 1. The number of ether oxygens (including phenoxy) is 1. The number of hydrogen-bond acceptors (Lipinski definition) is 4. The van der Waals surface area contributed by atoms with Gasteiger partial charge in [0, 0.05) is 10.0 Å². The van der Waals surface area contributed by atoms with Gasteiger partial charge in [-0.2, -0.15) is 10.4 Å². The number of nitrogens with two attached hydrogens (primary N) is 1. The summed E-state index contributed by atoms with van der Waals surface area (Å²) in [5.74, 6) is 0.0367. The molecule has 7 heteroatoms. The van der Waals surface area contributed by atoms with Crippen LogP contribution in [0.2, 0.25) is 10.0 Å². The summed E-state index contributed by atoms with van der Waals surface area (Å²) in [6.07, 6.45) is 0. The van der Waals surface area contributed by atoms with E-state index in [-0.39, 0.29) is 5.88 Å². The molecule has 0 fully saturated rings. The molecule has 0 saturated heterocycles. The van der Waals surface area contributed by atoms with Crippen molar-refractivity contribution >= 4 is 23.2 Å². The highest BCUT2D eigenvalue weighted by molar-refractivity contribution is 6.31. The Bertz CT molecular complexity index is 1130. The molecular weight excluding hydrogens is 383 g/mol. The quantitative estimate of drug-likeness (QED) is 0.680. The molecule has 0 spiro atoms. The fraction of sp³-hybridized carbons (Fsp3) is 0.100. The first-order chi connectivity index (χ1) is 13.0. The standard InChI is InChI=1S/C20H14Cl2N4O/c1-11-17-18(14-7-2-3-8-16(14)22)15(10-23)19(24)27-20(17)26(25-11)13-6-4-5-12(21)9-13/h2-9,18H,24H2,1H3. The van der Waals surface area contributed by atoms with Crippen molar-refractivity contribution in [2.24, 2.45) is 5.73 Å². The van der Waals surface area contributed by atoms with Gasteiger partial charge in [-0.25, -0.2) is 4.68 Å². The molecular formula is C20H14Cl2N4O. The van der Waals surface area contributed by atoms with Gasteiger partial charge in [0.2, 0.25) is 11.8 Å². The van der Waals surface area contributed by atoms with Crippen LogP contribution < -0.4 is 10.5 Å². The lowest BCUT2D eigenvalue weighted by atomic mass is 9.84. The molecule has 1 aromatic heterocycles. The van der Waals surface area contributed by atoms with Gasteiger partial charge in [-0.1, -0.05) is 47.5 Å². The predicted molar refractivity (Wildman–Crippen MR) is 104 cm³/mol. The van der Waals surface area contributed by atoms with Crippen LogP contribution in [0, 0.1) is 18.3 Å². The minimum Gasteiger partial charge on any atom is -0.422 e. The van der Waals surface area contributed by atoms with Gasteiger partial charge in [0.1, 0.15) is 11.6 Å². The van der Waals surface area contributed by atoms with Crippen LogP contribution in [-0.4, -0.2) is 9.78 Å². The van der Waals surface area contributed by atoms with Crippen LogP contribution in [-0.2, 0) is 0 Å². The van der Waals surface area contributed by atoms with Crippen molar-refractivity contribution in [2.45, 2.75) is 12.8 Å². The molecule has 2 aromatic carbocycles. The number of fused-ring (bicyclic) bond motifs is 1. The molecule has 0 aliphatic carbocycles. The smallest absolute Gasteiger partial charge is 0.229 e. The fourth-order valence-electron chi connectivity index (χ4n) is 3.32. The Morgan fingerprint density at radius 2 is 1.96 bits per heavy atom. The predicted octanol–water partition coefficient (Wildman–Crippen LogP) is 4.71. The molecule has 2 heterocycles. The number of nitriles is 1. The monoisotopic (exact) mass is 396 g/mol. The summed E-state index contributed by atoms with van der Waals surface area (Å²) >= 11 is 12.6. The van der Waals surface area contributed by atoms with Gasteiger partial charge in [-0.3, -0.25) is 0 Å². The van der Waals surface area contributed by atoms with Gasteiger partial charge in [0.05, 0.1) is 22.9 Å². The fourth-order valence-corrected chi connectivity index (χ4v) is 3.75. The number of halogens is 2. The van der Waals surface area contributed by atoms with Gasteiger partial charge in [0.15, 0.2) is 0 Å². The van der Waals surface area contributed by atoms with Crippen LogP contribution in [0.4, 0.5) is 0 Å². The molecule has 5 nitrogen and oxygen atoms in total. The van der Waals surface area contributed by atoms with E-state index < -0.39 is 5.92 Å². The van der Waals surface area contributed by atoms with Gasteiger partial charge in [-0.05, 0) is 36.8 Å². The molecule has 1 unspecified atom stereocenters. The van der Waals surface area contributed by atoms with Gasteiger partial charge < -0.3 is 10.5 Å². The van der Waals surface area contributed by atoms with Crippen molar-refractivity contribution in [3.05, 3.63) is 86.9 Å². The molecule has 4 rings (SSSR count). The average molecular weight is 397 g/mol. The highest BCUT2D eigenvalue weighted by Crippen LogP contribution is 2.46. The summed E-state index contributed by atoms with van der Waals surface area (Å²) < 4.78 is 7.46. The first-order valence-corrected chi connectivity index (χ1v) is 8.94. The second-order valence-corrected chi connectivity index (χ2v) is 6.99. The maximum Gasteiger partial charge on any atom is 0.229 e. The second-order valence-electron chi connectivity index (χ2n) is 6.14. The number of nitrogens with zero attached hydrogens (tertiary/aromatic N) is 3. The number of aromatic nitrogens is 2. The number of rotatable bonds is 2. The summed E-state index contributed by atoms with van der Waals surface area (Å²) in [5.41, 5.74) is 9.39. The molecule has 134 valence electrons. The second kappa shape index (κ2) is 6.66. The van der Waals surface area contributed by atoms with E-state index in [9.17, 15) is 5.26 Å². The van der Waals surface area contributed by atoms with Crippen LogP contribution in [0.25, 0.3) is 5.69 Å². The van der Waals surface area contributed by atoms with Crippen LogP contribution >= 0.6 is 23.2 Å². The Labute approximate surface area is 166 Å². The Hall–Kier alpha value is -2.94. The van der Waals surface area contributed by atoms with Crippen molar-refractivity contribution < 1.29 is 4.74 Å². The largest absolute Gasteiger partial charge is 0.422 e. The lowest BCUT2D eigenvalue weighted by Gasteiger charge is -2.25. The summed E-state index contributed by atoms with van der Waals surface area (Å²) in [6.45, 7) is 1.86. The van der Waals surface area contributed by atoms with Crippen molar-refractivity contribution in [3.63, 3.8) is 0 Å². The van der Waals surface area contributed by atoms with Gasteiger partial charge in [0.25, 0.3) is 0 Å². The first kappa shape index (κ1) is 17.5. The third-order valence-corrected chi connectivity index (χ3v) is 5.08. The minimum atomic E-state index is -0.458. The maximum absolute atomic E-state index is 9.71. The lowest BCUT2D eigenvalue weighted by Crippen LogP contribution is -2.22. The van der Waals surface area contributed by atoms with E-state index in [0.717, 1.165) is 22.5 Å². The van der Waals surface area contributed by atoms with Gasteiger partial charge >= 0.3 is 0 Å². The van der Waals surface area contributed by atoms with E-state index in [1.807, 2.05) is 37.3 Å². The molecule has 3 aromatic rings. The Morgan fingerprint density at radius 1 is 1.19 bits per heavy atom. The summed E-state index contributed by atoms with van der Waals surface area (Å²) in [4.78, 5) is 0. The van der Waals surface area contributed by atoms with E-state index in [1.54, 1.807) is 22.9 Å². The third kappa shape index (κ3) is 2.84. The first-order valence-electron chi connectivity index (χ1n) is 8.18. The molecule has 1 atom stereocenters. The average Bonchev–Trinajstić information content (AvgIpc) is 2.97.